The molecule has 0 spiro atoms. The van der Waals surface area contributed by atoms with Gasteiger partial charge in [-0.25, -0.2) is 12.7 Å². The highest BCUT2D eigenvalue weighted by Crippen LogP contribution is 2.12. The van der Waals surface area contributed by atoms with Gasteiger partial charge in [-0.1, -0.05) is 0 Å². The van der Waals surface area contributed by atoms with Gasteiger partial charge >= 0.3 is 0 Å². The Morgan fingerprint density at radius 1 is 1.53 bits per heavy atom. The first-order valence-corrected chi connectivity index (χ1v) is 6.49. The Morgan fingerprint density at radius 2 is 2.20 bits per heavy atom. The molecule has 1 aliphatic rings. The molecular weight excluding hydrogens is 216 g/mol. The molecule has 0 aliphatic carbocycles. The summed E-state index contributed by atoms with van der Waals surface area (Å²) in [6, 6.07) is 0. The topological polar surface area (TPSA) is 79.0 Å². The summed E-state index contributed by atoms with van der Waals surface area (Å²) in [5, 5.41) is 0. The minimum Gasteiger partial charge on any atom is -0.370 e. The van der Waals surface area contributed by atoms with Gasteiger partial charge < -0.3 is 10.6 Å². The van der Waals surface area contributed by atoms with E-state index in [2.05, 4.69) is 4.99 Å². The van der Waals surface area contributed by atoms with Crippen LogP contribution in [-0.2, 0) is 10.0 Å². The van der Waals surface area contributed by atoms with Gasteiger partial charge in [0.05, 0.1) is 12.3 Å². The predicted octanol–water partition coefficient (Wildman–Crippen LogP) is -1.10. The van der Waals surface area contributed by atoms with Gasteiger partial charge in [0.2, 0.25) is 10.0 Å². The molecule has 0 aromatic heterocycles. The van der Waals surface area contributed by atoms with Crippen molar-refractivity contribution in [1.82, 2.24) is 9.21 Å². The Kier molecular flexibility index (Phi) is 3.92. The fourth-order valence-electron chi connectivity index (χ4n) is 1.36. The summed E-state index contributed by atoms with van der Waals surface area (Å²) in [5.41, 5.74) is 5.58. The highest BCUT2D eigenvalue weighted by Gasteiger charge is 2.27. The third-order valence-corrected chi connectivity index (χ3v) is 4.24. The second-order valence-corrected chi connectivity index (χ2v) is 5.79. The van der Waals surface area contributed by atoms with Crippen molar-refractivity contribution in [2.45, 2.75) is 6.42 Å². The third kappa shape index (κ3) is 3.35. The van der Waals surface area contributed by atoms with Crippen molar-refractivity contribution in [2.24, 2.45) is 10.7 Å². The van der Waals surface area contributed by atoms with Crippen LogP contribution < -0.4 is 5.73 Å². The number of rotatable bonds is 3. The smallest absolute Gasteiger partial charge is 0.214 e. The van der Waals surface area contributed by atoms with Gasteiger partial charge in [0, 0.05) is 27.2 Å². The molecule has 2 N–H and O–H groups in total. The van der Waals surface area contributed by atoms with Crippen LogP contribution in [0.2, 0.25) is 0 Å². The summed E-state index contributed by atoms with van der Waals surface area (Å²) in [4.78, 5) is 5.76. The predicted molar refractivity (Wildman–Crippen MR) is 60.2 cm³/mol. The van der Waals surface area contributed by atoms with E-state index in [0.717, 1.165) is 6.42 Å². The normalized spacial score (nSPS) is 21.9. The molecule has 88 valence electrons. The molecule has 7 heteroatoms. The Labute approximate surface area is 90.8 Å². The summed E-state index contributed by atoms with van der Waals surface area (Å²) in [5.74, 6) is 0.687. The van der Waals surface area contributed by atoms with Crippen LogP contribution in [0.1, 0.15) is 6.42 Å². The van der Waals surface area contributed by atoms with Crippen LogP contribution >= 0.6 is 0 Å². The van der Waals surface area contributed by atoms with Crippen LogP contribution in [0.4, 0.5) is 0 Å². The SMILES string of the molecule is CN(C)C(N)=NCCN1CCCS1(=O)=O. The highest BCUT2D eigenvalue weighted by atomic mass is 32.2. The third-order valence-electron chi connectivity index (χ3n) is 2.28. The highest BCUT2D eigenvalue weighted by molar-refractivity contribution is 7.89. The van der Waals surface area contributed by atoms with Gasteiger partial charge in [0.1, 0.15) is 0 Å². The zero-order chi connectivity index (χ0) is 11.5. The Bertz CT molecular complexity index is 337. The number of nitrogens with zero attached hydrogens (tertiary/aromatic N) is 3. The Hall–Kier alpha value is -0.820. The van der Waals surface area contributed by atoms with Crippen LogP contribution in [-0.4, -0.2) is 63.1 Å². The molecule has 1 heterocycles. The molecule has 0 bridgehead atoms. The molecule has 0 aromatic rings. The number of aliphatic imine (C=N–C) groups is 1. The lowest BCUT2D eigenvalue weighted by molar-refractivity contribution is 0.451. The first kappa shape index (κ1) is 12.3. The first-order valence-electron chi connectivity index (χ1n) is 4.88. The molecule has 1 fully saturated rings. The van der Waals surface area contributed by atoms with Gasteiger partial charge in [-0.15, -0.1) is 0 Å². The summed E-state index contributed by atoms with van der Waals surface area (Å²) in [6.45, 7) is 1.46. The maximum absolute atomic E-state index is 11.4. The van der Waals surface area contributed by atoms with Crippen LogP contribution in [0.5, 0.6) is 0 Å². The van der Waals surface area contributed by atoms with Crippen LogP contribution in [0.15, 0.2) is 4.99 Å². The van der Waals surface area contributed by atoms with Gasteiger partial charge in [-0.2, -0.15) is 0 Å². The lowest BCUT2D eigenvalue weighted by atomic mass is 10.5. The zero-order valence-corrected chi connectivity index (χ0v) is 10.00. The lowest BCUT2D eigenvalue weighted by Gasteiger charge is -2.14. The minimum atomic E-state index is -3.00. The van der Waals surface area contributed by atoms with Crippen molar-refractivity contribution in [3.63, 3.8) is 0 Å². The van der Waals surface area contributed by atoms with Crippen molar-refractivity contribution < 1.29 is 8.42 Å². The summed E-state index contributed by atoms with van der Waals surface area (Å²) >= 11 is 0. The Morgan fingerprint density at radius 3 is 2.67 bits per heavy atom. The van der Waals surface area contributed by atoms with E-state index in [1.807, 2.05) is 0 Å². The van der Waals surface area contributed by atoms with Crippen molar-refractivity contribution in [3.05, 3.63) is 0 Å². The van der Waals surface area contributed by atoms with Gasteiger partial charge in [-0.3, -0.25) is 4.99 Å². The molecule has 1 rings (SSSR count). The monoisotopic (exact) mass is 234 g/mol. The van der Waals surface area contributed by atoms with E-state index in [-0.39, 0.29) is 5.75 Å². The number of hydrogen-bond donors (Lipinski definition) is 1. The van der Waals surface area contributed by atoms with Crippen LogP contribution in [0.3, 0.4) is 0 Å². The maximum Gasteiger partial charge on any atom is 0.214 e. The molecule has 0 aromatic carbocycles. The minimum absolute atomic E-state index is 0.264. The second kappa shape index (κ2) is 4.80. The lowest BCUT2D eigenvalue weighted by Crippen LogP contribution is -2.33. The maximum atomic E-state index is 11.4. The van der Waals surface area contributed by atoms with E-state index in [0.29, 0.717) is 25.6 Å². The first-order chi connectivity index (χ1) is 6.93. The Balaban J connectivity index is 2.42. The van der Waals surface area contributed by atoms with Crippen molar-refractivity contribution in [2.75, 3.05) is 39.5 Å². The quantitative estimate of drug-likeness (QED) is 0.496. The number of sulfonamides is 1. The van der Waals surface area contributed by atoms with E-state index in [9.17, 15) is 8.42 Å². The van der Waals surface area contributed by atoms with E-state index >= 15 is 0 Å². The summed E-state index contributed by atoms with van der Waals surface area (Å²) < 4.78 is 24.3. The van der Waals surface area contributed by atoms with Crippen LogP contribution in [0, 0.1) is 0 Å². The molecule has 1 aliphatic heterocycles. The molecular formula is C8H18N4O2S. The fraction of sp³-hybridized carbons (Fsp3) is 0.875. The van der Waals surface area contributed by atoms with Crippen LogP contribution in [0.25, 0.3) is 0 Å². The second-order valence-electron chi connectivity index (χ2n) is 3.70. The molecule has 15 heavy (non-hydrogen) atoms. The van der Waals surface area contributed by atoms with Gasteiger partial charge in [0.15, 0.2) is 5.96 Å². The zero-order valence-electron chi connectivity index (χ0n) is 9.18. The summed E-state index contributed by atoms with van der Waals surface area (Å²) in [7, 11) is 0.598. The standard InChI is InChI=1S/C8H18N4O2S/c1-11(2)8(9)10-4-6-12-5-3-7-15(12,13)14/h3-7H2,1-2H3,(H2,9,10). The number of hydrogen-bond acceptors (Lipinski definition) is 3. The molecule has 0 unspecified atom stereocenters. The number of nitrogens with two attached hydrogens (primary N) is 1. The van der Waals surface area contributed by atoms with Gasteiger partial charge in [0.25, 0.3) is 0 Å². The summed E-state index contributed by atoms with van der Waals surface area (Å²) in [6.07, 6.45) is 0.717. The molecule has 0 radical (unpaired) electrons. The fourth-order valence-corrected chi connectivity index (χ4v) is 2.88. The van der Waals surface area contributed by atoms with E-state index in [1.165, 1.54) is 4.31 Å². The average molecular weight is 234 g/mol. The molecule has 6 nitrogen and oxygen atoms in total. The van der Waals surface area contributed by atoms with E-state index < -0.39 is 10.0 Å². The van der Waals surface area contributed by atoms with Gasteiger partial charge in [-0.05, 0) is 6.42 Å². The average Bonchev–Trinajstić information content (AvgIpc) is 2.45. The van der Waals surface area contributed by atoms with Crippen molar-refractivity contribution in [3.8, 4) is 0 Å². The number of guanidine groups is 1. The molecule has 0 amide bonds. The van der Waals surface area contributed by atoms with Crippen molar-refractivity contribution in [1.29, 1.82) is 0 Å². The van der Waals surface area contributed by atoms with E-state index in [4.69, 9.17) is 5.73 Å². The van der Waals surface area contributed by atoms with E-state index in [1.54, 1.807) is 19.0 Å². The molecule has 0 atom stereocenters. The van der Waals surface area contributed by atoms with Crippen molar-refractivity contribution >= 4 is 16.0 Å². The molecule has 0 saturated carbocycles. The molecule has 1 saturated heterocycles. The largest absolute Gasteiger partial charge is 0.370 e.